The van der Waals surface area contributed by atoms with E-state index < -0.39 is 0 Å². The van der Waals surface area contributed by atoms with Crippen molar-refractivity contribution in [3.63, 3.8) is 0 Å². The Morgan fingerprint density at radius 1 is 1.07 bits per heavy atom. The van der Waals surface area contributed by atoms with Crippen molar-refractivity contribution in [2.24, 2.45) is 7.05 Å². The minimum atomic E-state index is 0.390. The SMILES string of the molecule is Cn1c(CSc2ccccc2)cc2c(CN3CCCCC3)c(O)c(Br)cc21. The topological polar surface area (TPSA) is 28.4 Å². The first-order valence-corrected chi connectivity index (χ1v) is 11.3. The molecule has 0 atom stereocenters. The summed E-state index contributed by atoms with van der Waals surface area (Å²) < 4.78 is 3.04. The van der Waals surface area contributed by atoms with Crippen LogP contribution in [0.25, 0.3) is 10.9 Å². The number of phenolic OH excluding ortho intramolecular Hbond substituents is 1. The van der Waals surface area contributed by atoms with Crippen LogP contribution in [0.4, 0.5) is 0 Å². The molecule has 3 aromatic rings. The van der Waals surface area contributed by atoms with Crippen molar-refractivity contribution in [1.82, 2.24) is 9.47 Å². The third-order valence-electron chi connectivity index (χ3n) is 5.44. The predicted octanol–water partition coefficient (Wildman–Crippen LogP) is 5.92. The molecular weight excluding hydrogens is 420 g/mol. The van der Waals surface area contributed by atoms with Gasteiger partial charge in [-0.3, -0.25) is 4.90 Å². The zero-order valence-corrected chi connectivity index (χ0v) is 18.0. The molecule has 1 aromatic heterocycles. The zero-order valence-electron chi connectivity index (χ0n) is 15.6. The van der Waals surface area contributed by atoms with Gasteiger partial charge in [0.15, 0.2) is 0 Å². The Kier molecular flexibility index (Phi) is 5.81. The van der Waals surface area contributed by atoms with Crippen molar-refractivity contribution in [2.75, 3.05) is 13.1 Å². The second-order valence-electron chi connectivity index (χ2n) is 7.25. The van der Waals surface area contributed by atoms with E-state index in [2.05, 4.69) is 62.8 Å². The lowest BCUT2D eigenvalue weighted by Crippen LogP contribution is -2.29. The quantitative estimate of drug-likeness (QED) is 0.494. The average Bonchev–Trinajstić information content (AvgIpc) is 3.01. The van der Waals surface area contributed by atoms with Crippen molar-refractivity contribution in [1.29, 1.82) is 0 Å². The van der Waals surface area contributed by atoms with Crippen LogP contribution in [0.1, 0.15) is 30.5 Å². The summed E-state index contributed by atoms with van der Waals surface area (Å²) in [6, 6.07) is 14.8. The number of hydrogen-bond donors (Lipinski definition) is 1. The molecule has 5 heteroatoms. The van der Waals surface area contributed by atoms with E-state index in [0.29, 0.717) is 5.75 Å². The highest BCUT2D eigenvalue weighted by molar-refractivity contribution is 9.10. The van der Waals surface area contributed by atoms with Crippen LogP contribution in [0.2, 0.25) is 0 Å². The van der Waals surface area contributed by atoms with Crippen LogP contribution in [0, 0.1) is 0 Å². The van der Waals surface area contributed by atoms with E-state index in [1.165, 1.54) is 40.8 Å². The fourth-order valence-corrected chi connectivity index (χ4v) is 5.26. The molecule has 27 heavy (non-hydrogen) atoms. The third-order valence-corrected chi connectivity index (χ3v) is 7.09. The molecule has 0 aliphatic carbocycles. The van der Waals surface area contributed by atoms with Crippen molar-refractivity contribution < 1.29 is 5.11 Å². The molecule has 1 saturated heterocycles. The van der Waals surface area contributed by atoms with Gasteiger partial charge in [-0.15, -0.1) is 11.8 Å². The molecule has 4 rings (SSSR count). The van der Waals surface area contributed by atoms with Gasteiger partial charge in [-0.2, -0.15) is 0 Å². The van der Waals surface area contributed by atoms with Gasteiger partial charge in [-0.05, 0) is 66.1 Å². The number of thioether (sulfide) groups is 1. The van der Waals surface area contributed by atoms with E-state index >= 15 is 0 Å². The lowest BCUT2D eigenvalue weighted by Gasteiger charge is -2.27. The smallest absolute Gasteiger partial charge is 0.135 e. The number of benzene rings is 2. The molecule has 0 unspecified atom stereocenters. The molecule has 2 aromatic carbocycles. The highest BCUT2D eigenvalue weighted by atomic mass is 79.9. The van der Waals surface area contributed by atoms with E-state index in [1.54, 1.807) is 0 Å². The molecule has 0 spiro atoms. The first kappa shape index (κ1) is 18.9. The van der Waals surface area contributed by atoms with Gasteiger partial charge < -0.3 is 9.67 Å². The van der Waals surface area contributed by atoms with Crippen molar-refractivity contribution >= 4 is 38.6 Å². The normalized spacial score (nSPS) is 15.5. The fourth-order valence-electron chi connectivity index (χ4n) is 3.86. The van der Waals surface area contributed by atoms with Crippen LogP contribution in [0.5, 0.6) is 5.75 Å². The number of piperidine rings is 1. The Labute approximate surface area is 173 Å². The summed E-state index contributed by atoms with van der Waals surface area (Å²) in [5.41, 5.74) is 3.50. The highest BCUT2D eigenvalue weighted by Crippen LogP contribution is 2.38. The standard InChI is InChI=1S/C22H25BrN2OS/c1-24-16(15-27-17-8-4-2-5-9-17)12-18-19(14-25-10-6-3-7-11-25)22(26)20(23)13-21(18)24/h2,4-5,8-9,12-13,26H,3,6-7,10-11,14-15H2,1H3. The summed E-state index contributed by atoms with van der Waals surface area (Å²) in [5.74, 6) is 1.30. The summed E-state index contributed by atoms with van der Waals surface area (Å²) >= 11 is 5.41. The largest absolute Gasteiger partial charge is 0.506 e. The molecule has 0 bridgehead atoms. The van der Waals surface area contributed by atoms with E-state index in [4.69, 9.17) is 0 Å². The Morgan fingerprint density at radius 3 is 2.56 bits per heavy atom. The highest BCUT2D eigenvalue weighted by Gasteiger charge is 2.19. The minimum absolute atomic E-state index is 0.390. The summed E-state index contributed by atoms with van der Waals surface area (Å²) in [7, 11) is 2.12. The number of likely N-dealkylation sites (tertiary alicyclic amines) is 1. The van der Waals surface area contributed by atoms with Crippen LogP contribution >= 0.6 is 27.7 Å². The number of rotatable bonds is 5. The summed E-state index contributed by atoms with van der Waals surface area (Å²) in [6.45, 7) is 3.06. The molecular formula is C22H25BrN2OS. The number of aromatic hydroxyl groups is 1. The summed E-state index contributed by atoms with van der Waals surface area (Å²) in [6.07, 6.45) is 3.83. The van der Waals surface area contributed by atoms with Crippen LogP contribution < -0.4 is 0 Å². The minimum Gasteiger partial charge on any atom is -0.506 e. The van der Waals surface area contributed by atoms with Gasteiger partial charge in [0.25, 0.3) is 0 Å². The molecule has 0 amide bonds. The predicted molar refractivity (Wildman–Crippen MR) is 117 cm³/mol. The van der Waals surface area contributed by atoms with Crippen molar-refractivity contribution in [3.8, 4) is 5.75 Å². The molecule has 1 aliphatic heterocycles. The maximum atomic E-state index is 10.7. The van der Waals surface area contributed by atoms with E-state index in [-0.39, 0.29) is 0 Å². The Hall–Kier alpha value is -1.43. The summed E-state index contributed by atoms with van der Waals surface area (Å²) in [4.78, 5) is 3.75. The third kappa shape index (κ3) is 4.05. The number of phenols is 1. The molecule has 1 fully saturated rings. The zero-order chi connectivity index (χ0) is 18.8. The first-order valence-electron chi connectivity index (χ1n) is 9.52. The maximum Gasteiger partial charge on any atom is 0.135 e. The van der Waals surface area contributed by atoms with Gasteiger partial charge in [0.05, 0.1) is 4.47 Å². The number of aromatic nitrogens is 1. The lowest BCUT2D eigenvalue weighted by atomic mass is 10.1. The van der Waals surface area contributed by atoms with Gasteiger partial charge in [0.1, 0.15) is 5.75 Å². The Morgan fingerprint density at radius 2 is 1.81 bits per heavy atom. The van der Waals surface area contributed by atoms with Crippen molar-refractivity contribution in [3.05, 3.63) is 58.2 Å². The second kappa shape index (κ2) is 8.29. The molecule has 1 aliphatic rings. The van der Waals surface area contributed by atoms with Gasteiger partial charge in [-0.25, -0.2) is 0 Å². The van der Waals surface area contributed by atoms with Gasteiger partial charge in [0.2, 0.25) is 0 Å². The number of fused-ring (bicyclic) bond motifs is 1. The average molecular weight is 445 g/mol. The van der Waals surface area contributed by atoms with Crippen LogP contribution in [-0.4, -0.2) is 27.7 Å². The summed E-state index contributed by atoms with van der Waals surface area (Å²) in [5, 5.41) is 11.9. The first-order chi connectivity index (χ1) is 13.1. The van der Waals surface area contributed by atoms with E-state index in [0.717, 1.165) is 35.4 Å². The number of aryl methyl sites for hydroxylation is 1. The fraction of sp³-hybridized carbons (Fsp3) is 0.364. The molecule has 3 nitrogen and oxygen atoms in total. The second-order valence-corrected chi connectivity index (χ2v) is 9.15. The van der Waals surface area contributed by atoms with Crippen molar-refractivity contribution in [2.45, 2.75) is 36.5 Å². The number of hydrogen-bond acceptors (Lipinski definition) is 3. The van der Waals surface area contributed by atoms with Gasteiger partial charge in [-0.1, -0.05) is 24.6 Å². The van der Waals surface area contributed by atoms with Crippen LogP contribution in [-0.2, 0) is 19.3 Å². The van der Waals surface area contributed by atoms with E-state index in [1.807, 2.05) is 23.9 Å². The van der Waals surface area contributed by atoms with E-state index in [9.17, 15) is 5.11 Å². The maximum absolute atomic E-state index is 10.7. The molecule has 142 valence electrons. The molecule has 0 saturated carbocycles. The lowest BCUT2D eigenvalue weighted by molar-refractivity contribution is 0.219. The van der Waals surface area contributed by atoms with Crippen LogP contribution in [0.15, 0.2) is 51.8 Å². The van der Waals surface area contributed by atoms with Gasteiger partial charge >= 0.3 is 0 Å². The molecule has 2 heterocycles. The molecule has 0 radical (unpaired) electrons. The number of nitrogens with zero attached hydrogens (tertiary/aromatic N) is 2. The Bertz CT molecular complexity index is 933. The monoisotopic (exact) mass is 444 g/mol. The molecule has 1 N–H and O–H groups in total. The Balaban J connectivity index is 1.66. The van der Waals surface area contributed by atoms with Crippen LogP contribution in [0.3, 0.4) is 0 Å². The number of halogens is 1. The van der Waals surface area contributed by atoms with Gasteiger partial charge in [0, 0.05) is 46.4 Å².